The Kier molecular flexibility index (Phi) is 6.10. The van der Waals surface area contributed by atoms with Crippen LogP contribution in [0.5, 0.6) is 0 Å². The normalized spacial score (nSPS) is 11.8. The van der Waals surface area contributed by atoms with Gasteiger partial charge in [0.15, 0.2) is 0 Å². The molecule has 0 heterocycles. The van der Waals surface area contributed by atoms with Gasteiger partial charge < -0.3 is 5.73 Å². The van der Waals surface area contributed by atoms with E-state index < -0.39 is 0 Å². The molecule has 112 valence electrons. The van der Waals surface area contributed by atoms with Gasteiger partial charge in [0.1, 0.15) is 0 Å². The van der Waals surface area contributed by atoms with Crippen LogP contribution in [0.1, 0.15) is 32.8 Å². The summed E-state index contributed by atoms with van der Waals surface area (Å²) in [6, 6.07) is 6.79. The Bertz CT molecular complexity index is 429. The van der Waals surface area contributed by atoms with Crippen LogP contribution < -0.4 is 5.73 Å². The van der Waals surface area contributed by atoms with E-state index in [0.29, 0.717) is 6.54 Å². The average Bonchev–Trinajstić information content (AvgIpc) is 2.39. The van der Waals surface area contributed by atoms with Crippen molar-refractivity contribution in [2.75, 3.05) is 19.6 Å². The smallest absolute Gasteiger partial charge is 0.269 e. The molecule has 5 nitrogen and oxygen atoms in total. The highest BCUT2D eigenvalue weighted by molar-refractivity contribution is 5.32. The third kappa shape index (κ3) is 5.27. The van der Waals surface area contributed by atoms with E-state index in [4.69, 9.17) is 5.73 Å². The van der Waals surface area contributed by atoms with Gasteiger partial charge in [0.25, 0.3) is 5.69 Å². The van der Waals surface area contributed by atoms with E-state index in [2.05, 4.69) is 25.7 Å². The Labute approximate surface area is 120 Å². The quantitative estimate of drug-likeness (QED) is 0.586. The zero-order valence-electron chi connectivity index (χ0n) is 12.6. The van der Waals surface area contributed by atoms with Crippen LogP contribution in [0.4, 0.5) is 5.69 Å². The van der Waals surface area contributed by atoms with E-state index in [0.717, 1.165) is 31.6 Å². The molecule has 0 amide bonds. The average molecular weight is 279 g/mol. The van der Waals surface area contributed by atoms with Crippen molar-refractivity contribution in [1.29, 1.82) is 0 Å². The molecule has 0 bridgehead atoms. The van der Waals surface area contributed by atoms with Crippen molar-refractivity contribution in [3.8, 4) is 0 Å². The minimum absolute atomic E-state index is 0.0793. The minimum atomic E-state index is -0.370. The molecule has 2 N–H and O–H groups in total. The molecule has 0 atom stereocenters. The number of hydrogen-bond donors (Lipinski definition) is 1. The van der Waals surface area contributed by atoms with E-state index in [1.807, 2.05) is 12.1 Å². The Morgan fingerprint density at radius 3 is 2.35 bits per heavy atom. The van der Waals surface area contributed by atoms with Crippen molar-refractivity contribution in [3.63, 3.8) is 0 Å². The van der Waals surface area contributed by atoms with Crippen molar-refractivity contribution in [2.24, 2.45) is 11.1 Å². The van der Waals surface area contributed by atoms with Crippen LogP contribution in [0.25, 0.3) is 0 Å². The van der Waals surface area contributed by atoms with E-state index in [1.54, 1.807) is 12.1 Å². The zero-order chi connectivity index (χ0) is 15.2. The summed E-state index contributed by atoms with van der Waals surface area (Å²) in [7, 11) is 0. The maximum absolute atomic E-state index is 10.6. The van der Waals surface area contributed by atoms with E-state index in [-0.39, 0.29) is 16.0 Å². The van der Waals surface area contributed by atoms with Gasteiger partial charge >= 0.3 is 0 Å². The molecule has 0 aliphatic carbocycles. The summed E-state index contributed by atoms with van der Waals surface area (Å²) in [5.41, 5.74) is 7.11. The molecule has 0 aliphatic rings. The third-order valence-electron chi connectivity index (χ3n) is 3.30. The number of benzene rings is 1. The first-order valence-corrected chi connectivity index (χ1v) is 7.03. The Morgan fingerprint density at radius 2 is 1.90 bits per heavy atom. The molecular formula is C15H25N3O2. The molecule has 1 aromatic rings. The van der Waals surface area contributed by atoms with Crippen LogP contribution in [0.15, 0.2) is 24.3 Å². The van der Waals surface area contributed by atoms with Gasteiger partial charge in [-0.1, -0.05) is 32.9 Å². The van der Waals surface area contributed by atoms with Crippen LogP contribution in [0, 0.1) is 15.5 Å². The maximum atomic E-state index is 10.6. The summed E-state index contributed by atoms with van der Waals surface area (Å²) >= 11 is 0. The molecular weight excluding hydrogens is 254 g/mol. The Morgan fingerprint density at radius 1 is 1.30 bits per heavy atom. The first-order chi connectivity index (χ1) is 9.38. The van der Waals surface area contributed by atoms with Crippen LogP contribution in [0.2, 0.25) is 0 Å². The SMILES string of the molecule is CCCN(Cc1ccc([N+](=O)[O-])cc1)CC(C)(C)CN. The van der Waals surface area contributed by atoms with Crippen LogP contribution in [-0.2, 0) is 6.54 Å². The number of nitro groups is 1. The number of hydrogen-bond acceptors (Lipinski definition) is 4. The van der Waals surface area contributed by atoms with Crippen molar-refractivity contribution in [2.45, 2.75) is 33.7 Å². The van der Waals surface area contributed by atoms with Crippen molar-refractivity contribution in [1.82, 2.24) is 4.90 Å². The number of rotatable bonds is 8. The molecule has 0 saturated carbocycles. The number of non-ortho nitro benzene ring substituents is 1. The lowest BCUT2D eigenvalue weighted by molar-refractivity contribution is -0.384. The highest BCUT2D eigenvalue weighted by Gasteiger charge is 2.20. The van der Waals surface area contributed by atoms with E-state index >= 15 is 0 Å². The lowest BCUT2D eigenvalue weighted by atomic mass is 9.93. The molecule has 0 unspecified atom stereocenters. The van der Waals surface area contributed by atoms with Gasteiger partial charge in [-0.25, -0.2) is 0 Å². The van der Waals surface area contributed by atoms with Gasteiger partial charge in [0.2, 0.25) is 0 Å². The fourth-order valence-electron chi connectivity index (χ4n) is 2.18. The summed E-state index contributed by atoms with van der Waals surface area (Å²) in [6.07, 6.45) is 1.08. The fourth-order valence-corrected chi connectivity index (χ4v) is 2.18. The second kappa shape index (κ2) is 7.36. The van der Waals surface area contributed by atoms with Gasteiger partial charge in [0, 0.05) is 25.2 Å². The van der Waals surface area contributed by atoms with Gasteiger partial charge in [-0.2, -0.15) is 0 Å². The lowest BCUT2D eigenvalue weighted by Crippen LogP contribution is -2.38. The largest absolute Gasteiger partial charge is 0.330 e. The highest BCUT2D eigenvalue weighted by Crippen LogP contribution is 2.18. The standard InChI is InChI=1S/C15H25N3O2/c1-4-9-17(12-15(2,3)11-16)10-13-5-7-14(8-6-13)18(19)20/h5-8H,4,9-12,16H2,1-3H3. The fraction of sp³-hybridized carbons (Fsp3) is 0.600. The van der Waals surface area contributed by atoms with Crippen LogP contribution >= 0.6 is 0 Å². The Balaban J connectivity index is 2.72. The van der Waals surface area contributed by atoms with Gasteiger partial charge in [0.05, 0.1) is 4.92 Å². The lowest BCUT2D eigenvalue weighted by Gasteiger charge is -2.31. The van der Waals surface area contributed by atoms with E-state index in [9.17, 15) is 10.1 Å². The molecule has 0 fully saturated rings. The summed E-state index contributed by atoms with van der Waals surface area (Å²) < 4.78 is 0. The first kappa shape index (κ1) is 16.6. The number of nitrogens with two attached hydrogens (primary N) is 1. The second-order valence-electron chi connectivity index (χ2n) is 6.00. The molecule has 0 aromatic heterocycles. The molecule has 0 radical (unpaired) electrons. The molecule has 20 heavy (non-hydrogen) atoms. The van der Waals surface area contributed by atoms with Gasteiger partial charge in [-0.3, -0.25) is 15.0 Å². The number of nitrogens with zero attached hydrogens (tertiary/aromatic N) is 2. The molecule has 0 aliphatic heterocycles. The van der Waals surface area contributed by atoms with E-state index in [1.165, 1.54) is 0 Å². The first-order valence-electron chi connectivity index (χ1n) is 7.03. The molecule has 0 saturated heterocycles. The minimum Gasteiger partial charge on any atom is -0.330 e. The van der Waals surface area contributed by atoms with Gasteiger partial charge in [-0.05, 0) is 30.5 Å². The maximum Gasteiger partial charge on any atom is 0.269 e. The summed E-state index contributed by atoms with van der Waals surface area (Å²) in [5, 5.41) is 10.6. The molecule has 0 spiro atoms. The monoisotopic (exact) mass is 279 g/mol. The molecule has 1 aromatic carbocycles. The van der Waals surface area contributed by atoms with Crippen molar-refractivity contribution < 1.29 is 4.92 Å². The molecule has 1 rings (SSSR count). The second-order valence-corrected chi connectivity index (χ2v) is 6.00. The van der Waals surface area contributed by atoms with Crippen molar-refractivity contribution >= 4 is 5.69 Å². The zero-order valence-corrected chi connectivity index (χ0v) is 12.6. The van der Waals surface area contributed by atoms with Crippen molar-refractivity contribution in [3.05, 3.63) is 39.9 Å². The predicted octanol–water partition coefficient (Wildman–Crippen LogP) is 2.79. The topological polar surface area (TPSA) is 72.4 Å². The number of nitro benzene ring substituents is 1. The highest BCUT2D eigenvalue weighted by atomic mass is 16.6. The predicted molar refractivity (Wildman–Crippen MR) is 81.5 cm³/mol. The third-order valence-corrected chi connectivity index (χ3v) is 3.30. The van der Waals surface area contributed by atoms with Crippen LogP contribution in [0.3, 0.4) is 0 Å². The molecule has 5 heteroatoms. The summed E-state index contributed by atoms with van der Waals surface area (Å²) in [4.78, 5) is 12.6. The summed E-state index contributed by atoms with van der Waals surface area (Å²) in [5.74, 6) is 0. The van der Waals surface area contributed by atoms with Gasteiger partial charge in [-0.15, -0.1) is 0 Å². The summed E-state index contributed by atoms with van der Waals surface area (Å²) in [6.45, 7) is 9.84. The van der Waals surface area contributed by atoms with Crippen LogP contribution in [-0.4, -0.2) is 29.5 Å². The Hall–Kier alpha value is -1.46.